The van der Waals surface area contributed by atoms with Crippen molar-refractivity contribution in [1.82, 2.24) is 34.9 Å². The van der Waals surface area contributed by atoms with Crippen molar-refractivity contribution in [2.75, 3.05) is 13.1 Å². The monoisotopic (exact) mass is 411 g/mol. The zero-order valence-electron chi connectivity index (χ0n) is 16.9. The summed E-state index contributed by atoms with van der Waals surface area (Å²) in [5.41, 5.74) is 2.80. The first-order valence-corrected chi connectivity index (χ1v) is 10.2. The maximum absolute atomic E-state index is 14.7. The molecule has 7 nitrogen and oxygen atoms in total. The summed E-state index contributed by atoms with van der Waals surface area (Å²) >= 11 is 0. The summed E-state index contributed by atoms with van der Waals surface area (Å²) in [6.45, 7) is 5.78. The van der Waals surface area contributed by atoms with Crippen molar-refractivity contribution in [3.05, 3.63) is 47.8 Å². The average molecular weight is 411 g/mol. The minimum atomic E-state index is -1.31. The fourth-order valence-electron chi connectivity index (χ4n) is 3.99. The minimum absolute atomic E-state index is 0.150. The molecule has 1 aliphatic heterocycles. The molecule has 0 bridgehead atoms. The highest BCUT2D eigenvalue weighted by Gasteiger charge is 2.26. The van der Waals surface area contributed by atoms with Gasteiger partial charge >= 0.3 is 0 Å². The molecule has 1 fully saturated rings. The molecule has 4 heterocycles. The van der Waals surface area contributed by atoms with E-state index in [0.29, 0.717) is 28.2 Å². The van der Waals surface area contributed by atoms with Gasteiger partial charge in [-0.1, -0.05) is 19.9 Å². The van der Waals surface area contributed by atoms with Crippen LogP contribution in [-0.4, -0.2) is 48.9 Å². The molecule has 0 radical (unpaired) electrons. The van der Waals surface area contributed by atoms with Crippen LogP contribution in [0.25, 0.3) is 22.5 Å². The van der Waals surface area contributed by atoms with Crippen molar-refractivity contribution in [3.8, 4) is 11.3 Å². The third-order valence-electron chi connectivity index (χ3n) is 5.61. The number of allylic oxidation sites excluding steroid dienone is 4. The van der Waals surface area contributed by atoms with Gasteiger partial charge in [-0.3, -0.25) is 4.68 Å². The van der Waals surface area contributed by atoms with Crippen LogP contribution in [-0.2, 0) is 0 Å². The molecule has 30 heavy (non-hydrogen) atoms. The van der Waals surface area contributed by atoms with Crippen LogP contribution in [0.15, 0.2) is 36.3 Å². The van der Waals surface area contributed by atoms with E-state index < -0.39 is 12.0 Å². The van der Waals surface area contributed by atoms with Gasteiger partial charge in [-0.05, 0) is 31.2 Å². The van der Waals surface area contributed by atoms with Crippen LogP contribution < -0.4 is 5.32 Å². The van der Waals surface area contributed by atoms with Crippen molar-refractivity contribution >= 4 is 11.2 Å². The lowest BCUT2D eigenvalue weighted by Crippen LogP contribution is -2.14. The number of fused-ring (bicyclic) bond motifs is 1. The molecule has 5 rings (SSSR count). The molecular formula is C21H23F2N7. The lowest BCUT2D eigenvalue weighted by molar-refractivity contribution is 0.370. The van der Waals surface area contributed by atoms with Gasteiger partial charge in [0.05, 0.1) is 11.7 Å². The Morgan fingerprint density at radius 3 is 2.80 bits per heavy atom. The van der Waals surface area contributed by atoms with E-state index in [9.17, 15) is 8.78 Å². The lowest BCUT2D eigenvalue weighted by Gasteiger charge is -2.12. The van der Waals surface area contributed by atoms with E-state index in [4.69, 9.17) is 10.2 Å². The Morgan fingerprint density at radius 2 is 2.07 bits per heavy atom. The Labute approximate surface area is 172 Å². The largest absolute Gasteiger partial charge is 0.315 e. The van der Waals surface area contributed by atoms with Crippen LogP contribution >= 0.6 is 0 Å². The highest BCUT2D eigenvalue weighted by atomic mass is 19.1. The average Bonchev–Trinajstić information content (AvgIpc) is 3.46. The molecule has 3 aromatic rings. The first kappa shape index (κ1) is 19.0. The summed E-state index contributed by atoms with van der Waals surface area (Å²) in [4.78, 5) is 0. The van der Waals surface area contributed by atoms with E-state index in [0.717, 1.165) is 25.3 Å². The SMILES string of the molecule is CC(C)c1nnc2ccc(-c3cn(C4CCNC4)nc3C3=C(F)CC(F)C=C3)nn12. The van der Waals surface area contributed by atoms with Crippen molar-refractivity contribution in [3.63, 3.8) is 0 Å². The zero-order chi connectivity index (χ0) is 20.8. The van der Waals surface area contributed by atoms with Crippen LogP contribution in [0.2, 0.25) is 0 Å². The Hall–Kier alpha value is -2.94. The van der Waals surface area contributed by atoms with Crippen molar-refractivity contribution < 1.29 is 8.78 Å². The zero-order valence-corrected chi connectivity index (χ0v) is 16.9. The molecule has 0 amide bonds. The molecule has 3 aromatic heterocycles. The predicted octanol–water partition coefficient (Wildman–Crippen LogP) is 3.62. The number of rotatable bonds is 4. The molecule has 2 atom stereocenters. The molecule has 1 aliphatic carbocycles. The molecule has 2 aliphatic rings. The Morgan fingerprint density at radius 1 is 1.20 bits per heavy atom. The number of hydrogen-bond acceptors (Lipinski definition) is 5. The molecule has 0 saturated carbocycles. The first-order chi connectivity index (χ1) is 14.5. The predicted molar refractivity (Wildman–Crippen MR) is 109 cm³/mol. The summed E-state index contributed by atoms with van der Waals surface area (Å²) in [6, 6.07) is 3.88. The highest BCUT2D eigenvalue weighted by molar-refractivity contribution is 5.84. The number of aromatic nitrogens is 6. The van der Waals surface area contributed by atoms with E-state index >= 15 is 0 Å². The molecule has 1 saturated heterocycles. The Kier molecular flexibility index (Phi) is 4.69. The molecule has 0 spiro atoms. The van der Waals surface area contributed by atoms with Crippen LogP contribution in [0.5, 0.6) is 0 Å². The standard InChI is InChI=1S/C21H23F2N7/c1-12(2)21-26-25-19-6-5-18(27-30(19)21)16-11-29(14-7-8-24-10-14)28-20(16)15-4-3-13(22)9-17(15)23/h3-6,11-14,24H,7-10H2,1-2H3. The quantitative estimate of drug-likeness (QED) is 0.710. The van der Waals surface area contributed by atoms with Crippen LogP contribution in [0.3, 0.4) is 0 Å². The van der Waals surface area contributed by atoms with Gasteiger partial charge in [0.2, 0.25) is 0 Å². The van der Waals surface area contributed by atoms with E-state index in [2.05, 4.69) is 15.5 Å². The molecule has 9 heteroatoms. The van der Waals surface area contributed by atoms with Crippen molar-refractivity contribution in [2.45, 2.75) is 44.8 Å². The van der Waals surface area contributed by atoms with Gasteiger partial charge in [0.1, 0.15) is 17.7 Å². The highest BCUT2D eigenvalue weighted by Crippen LogP contribution is 2.35. The number of alkyl halides is 1. The number of nitrogens with one attached hydrogen (secondary N) is 1. The van der Waals surface area contributed by atoms with Gasteiger partial charge in [-0.2, -0.15) is 14.7 Å². The van der Waals surface area contributed by atoms with Gasteiger partial charge in [-0.25, -0.2) is 8.78 Å². The third kappa shape index (κ3) is 3.23. The number of nitrogens with zero attached hydrogens (tertiary/aromatic N) is 6. The molecule has 156 valence electrons. The smallest absolute Gasteiger partial charge is 0.177 e. The first-order valence-electron chi connectivity index (χ1n) is 10.2. The summed E-state index contributed by atoms with van der Waals surface area (Å²) in [6.07, 6.45) is 4.15. The molecular weight excluding hydrogens is 388 g/mol. The van der Waals surface area contributed by atoms with E-state index in [-0.39, 0.29) is 18.4 Å². The fraction of sp³-hybridized carbons (Fsp3) is 0.429. The van der Waals surface area contributed by atoms with Crippen molar-refractivity contribution in [1.29, 1.82) is 0 Å². The second kappa shape index (κ2) is 7.39. The van der Waals surface area contributed by atoms with E-state index in [1.807, 2.05) is 36.9 Å². The second-order valence-electron chi connectivity index (χ2n) is 8.12. The number of hydrogen-bond donors (Lipinski definition) is 1. The Balaban J connectivity index is 1.67. The van der Waals surface area contributed by atoms with Crippen LogP contribution in [0, 0.1) is 0 Å². The summed E-state index contributed by atoms with van der Waals surface area (Å²) in [5.74, 6) is 0.413. The van der Waals surface area contributed by atoms with Gasteiger partial charge in [-0.15, -0.1) is 10.2 Å². The van der Waals surface area contributed by atoms with Gasteiger partial charge < -0.3 is 5.32 Å². The third-order valence-corrected chi connectivity index (χ3v) is 5.61. The van der Waals surface area contributed by atoms with Gasteiger partial charge in [0.25, 0.3) is 0 Å². The van der Waals surface area contributed by atoms with Crippen LogP contribution in [0.4, 0.5) is 8.78 Å². The minimum Gasteiger partial charge on any atom is -0.315 e. The fourth-order valence-corrected chi connectivity index (χ4v) is 3.99. The normalized spacial score (nSPS) is 22.0. The van der Waals surface area contributed by atoms with E-state index in [1.54, 1.807) is 4.52 Å². The second-order valence-corrected chi connectivity index (χ2v) is 8.12. The summed E-state index contributed by atoms with van der Waals surface area (Å²) in [5, 5.41) is 21.2. The molecule has 0 aromatic carbocycles. The summed E-state index contributed by atoms with van der Waals surface area (Å²) in [7, 11) is 0. The van der Waals surface area contributed by atoms with Gasteiger partial charge in [0.15, 0.2) is 11.5 Å². The topological polar surface area (TPSA) is 72.9 Å². The maximum Gasteiger partial charge on any atom is 0.177 e. The van der Waals surface area contributed by atoms with Crippen LogP contribution in [0.1, 0.15) is 50.2 Å². The number of halogens is 2. The summed E-state index contributed by atoms with van der Waals surface area (Å²) < 4.78 is 31.9. The van der Waals surface area contributed by atoms with Gasteiger partial charge in [0, 0.05) is 36.2 Å². The molecule has 2 unspecified atom stereocenters. The lowest BCUT2D eigenvalue weighted by atomic mass is 9.98. The Bertz CT molecular complexity index is 1150. The van der Waals surface area contributed by atoms with E-state index in [1.165, 1.54) is 12.2 Å². The van der Waals surface area contributed by atoms with Crippen molar-refractivity contribution in [2.24, 2.45) is 0 Å². The maximum atomic E-state index is 14.7. The molecule has 1 N–H and O–H groups in total.